The number of rotatable bonds is 8. The lowest BCUT2D eigenvalue weighted by molar-refractivity contribution is 0.201. The van der Waals surface area contributed by atoms with Crippen molar-refractivity contribution >= 4 is 15.8 Å². The van der Waals surface area contributed by atoms with Crippen LogP contribution in [0.2, 0.25) is 0 Å². The first kappa shape index (κ1) is 20.5. The van der Waals surface area contributed by atoms with Crippen molar-refractivity contribution in [3.8, 4) is 5.88 Å². The van der Waals surface area contributed by atoms with Crippen LogP contribution in [0.25, 0.3) is 0 Å². The molecular weight excluding hydrogens is 352 g/mol. The molecule has 1 aromatic heterocycles. The number of sulfone groups is 1. The Labute approximate surface area is 156 Å². The maximum absolute atomic E-state index is 11.3. The second-order valence-corrected chi connectivity index (χ2v) is 9.18. The quantitative estimate of drug-likeness (QED) is 0.527. The Morgan fingerprint density at radius 2 is 2.15 bits per heavy atom. The largest absolute Gasteiger partial charge is 0.474 e. The predicted octanol–water partition coefficient (Wildman–Crippen LogP) is 1.89. The van der Waals surface area contributed by atoms with E-state index in [0.717, 1.165) is 18.4 Å². The van der Waals surface area contributed by atoms with Crippen LogP contribution >= 0.6 is 0 Å². The predicted molar refractivity (Wildman–Crippen MR) is 104 cm³/mol. The highest BCUT2D eigenvalue weighted by Gasteiger charge is 2.17. The molecule has 0 radical (unpaired) electrons. The van der Waals surface area contributed by atoms with Crippen LogP contribution in [0, 0.1) is 0 Å². The highest BCUT2D eigenvalue weighted by atomic mass is 32.2. The van der Waals surface area contributed by atoms with E-state index in [1.54, 1.807) is 13.2 Å². The summed E-state index contributed by atoms with van der Waals surface area (Å²) in [6, 6.07) is 3.90. The van der Waals surface area contributed by atoms with Gasteiger partial charge in [-0.15, -0.1) is 0 Å². The van der Waals surface area contributed by atoms with Crippen molar-refractivity contribution in [1.82, 2.24) is 15.6 Å². The number of nitrogens with zero attached hydrogens (tertiary/aromatic N) is 2. The fraction of sp³-hybridized carbons (Fsp3) is 0.667. The first-order valence-electron chi connectivity index (χ1n) is 9.12. The van der Waals surface area contributed by atoms with E-state index in [9.17, 15) is 8.42 Å². The van der Waals surface area contributed by atoms with Gasteiger partial charge in [0.2, 0.25) is 5.88 Å². The van der Waals surface area contributed by atoms with E-state index < -0.39 is 9.84 Å². The van der Waals surface area contributed by atoms with Crippen LogP contribution in [0.4, 0.5) is 0 Å². The zero-order chi connectivity index (χ0) is 19.0. The molecule has 1 aliphatic rings. The van der Waals surface area contributed by atoms with Crippen LogP contribution in [0.5, 0.6) is 5.88 Å². The molecule has 26 heavy (non-hydrogen) atoms. The third-order valence-electron chi connectivity index (χ3n) is 4.38. The number of ether oxygens (including phenoxy) is 1. The monoisotopic (exact) mass is 382 g/mol. The molecule has 1 saturated carbocycles. The molecule has 1 atom stereocenters. The molecule has 1 fully saturated rings. The van der Waals surface area contributed by atoms with Gasteiger partial charge in [-0.05, 0) is 50.7 Å². The Morgan fingerprint density at radius 3 is 2.81 bits per heavy atom. The second kappa shape index (κ2) is 9.75. The SMILES string of the molecule is CN=C(NCc1ccnc(OC2CCCC2)c1)NC(C)CCS(C)(=O)=O. The summed E-state index contributed by atoms with van der Waals surface area (Å²) in [5, 5.41) is 6.45. The molecule has 0 spiro atoms. The number of nitrogens with one attached hydrogen (secondary N) is 2. The van der Waals surface area contributed by atoms with Crippen molar-refractivity contribution in [3.05, 3.63) is 23.9 Å². The van der Waals surface area contributed by atoms with Gasteiger partial charge in [-0.2, -0.15) is 0 Å². The fourth-order valence-corrected chi connectivity index (χ4v) is 3.66. The summed E-state index contributed by atoms with van der Waals surface area (Å²) in [4.78, 5) is 8.48. The average Bonchev–Trinajstić information content (AvgIpc) is 3.09. The fourth-order valence-electron chi connectivity index (χ4n) is 2.88. The number of hydrogen-bond donors (Lipinski definition) is 2. The van der Waals surface area contributed by atoms with Crippen molar-refractivity contribution < 1.29 is 13.2 Å². The smallest absolute Gasteiger partial charge is 0.213 e. The maximum Gasteiger partial charge on any atom is 0.213 e. The Kier molecular flexibility index (Phi) is 7.68. The molecule has 2 N–H and O–H groups in total. The lowest BCUT2D eigenvalue weighted by Crippen LogP contribution is -2.42. The van der Waals surface area contributed by atoms with Crippen LogP contribution in [-0.2, 0) is 16.4 Å². The van der Waals surface area contributed by atoms with Crippen molar-refractivity contribution in [2.24, 2.45) is 4.99 Å². The molecule has 1 heterocycles. The molecule has 8 heteroatoms. The number of aromatic nitrogens is 1. The Morgan fingerprint density at radius 1 is 1.42 bits per heavy atom. The molecule has 0 saturated heterocycles. The summed E-state index contributed by atoms with van der Waals surface area (Å²) in [5.74, 6) is 1.46. The Bertz CT molecular complexity index is 700. The van der Waals surface area contributed by atoms with Gasteiger partial charge in [0.1, 0.15) is 15.9 Å². The zero-order valence-corrected chi connectivity index (χ0v) is 16.7. The van der Waals surface area contributed by atoms with Gasteiger partial charge < -0.3 is 15.4 Å². The first-order valence-corrected chi connectivity index (χ1v) is 11.2. The van der Waals surface area contributed by atoms with E-state index in [1.807, 2.05) is 19.1 Å². The van der Waals surface area contributed by atoms with Gasteiger partial charge in [0, 0.05) is 38.2 Å². The normalized spacial score (nSPS) is 17.1. The van der Waals surface area contributed by atoms with Crippen LogP contribution in [0.1, 0.15) is 44.6 Å². The molecular formula is C18H30N4O3S. The highest BCUT2D eigenvalue weighted by Crippen LogP contribution is 2.23. The van der Waals surface area contributed by atoms with Gasteiger partial charge in [-0.1, -0.05) is 0 Å². The minimum atomic E-state index is -2.95. The van der Waals surface area contributed by atoms with E-state index in [-0.39, 0.29) is 17.9 Å². The summed E-state index contributed by atoms with van der Waals surface area (Å²) in [6.07, 6.45) is 8.49. The standard InChI is InChI=1S/C18H30N4O3S/c1-14(9-11-26(3,23)24)22-18(19-2)21-13-15-8-10-20-17(12-15)25-16-6-4-5-7-16/h8,10,12,14,16H,4-7,9,11,13H2,1-3H3,(H2,19,21,22). The number of aliphatic imine (C=N–C) groups is 1. The van der Waals surface area contributed by atoms with E-state index >= 15 is 0 Å². The Hall–Kier alpha value is -1.83. The van der Waals surface area contributed by atoms with Gasteiger partial charge in [-0.25, -0.2) is 13.4 Å². The number of pyridine rings is 1. The summed E-state index contributed by atoms with van der Waals surface area (Å²) in [7, 11) is -1.26. The van der Waals surface area contributed by atoms with E-state index in [2.05, 4.69) is 20.6 Å². The molecule has 1 aliphatic carbocycles. The second-order valence-electron chi connectivity index (χ2n) is 6.92. The topological polar surface area (TPSA) is 92.7 Å². The van der Waals surface area contributed by atoms with Crippen LogP contribution in [0.15, 0.2) is 23.3 Å². The molecule has 1 unspecified atom stereocenters. The minimum absolute atomic E-state index is 0.00891. The van der Waals surface area contributed by atoms with Crippen molar-refractivity contribution in [2.75, 3.05) is 19.1 Å². The molecule has 0 bridgehead atoms. The Balaban J connectivity index is 1.82. The first-order chi connectivity index (χ1) is 12.4. The third-order valence-corrected chi connectivity index (χ3v) is 5.35. The van der Waals surface area contributed by atoms with E-state index in [4.69, 9.17) is 4.74 Å². The minimum Gasteiger partial charge on any atom is -0.474 e. The van der Waals surface area contributed by atoms with Gasteiger partial charge in [-0.3, -0.25) is 4.99 Å². The van der Waals surface area contributed by atoms with E-state index in [1.165, 1.54) is 19.1 Å². The summed E-state index contributed by atoms with van der Waals surface area (Å²) in [6.45, 7) is 2.53. The summed E-state index contributed by atoms with van der Waals surface area (Å²) >= 11 is 0. The molecule has 1 aromatic rings. The molecule has 0 aliphatic heterocycles. The molecule has 2 rings (SSSR count). The number of guanidine groups is 1. The number of hydrogen-bond acceptors (Lipinski definition) is 5. The lowest BCUT2D eigenvalue weighted by atomic mass is 10.2. The van der Waals surface area contributed by atoms with Crippen LogP contribution in [-0.4, -0.2) is 50.6 Å². The molecule has 146 valence electrons. The summed E-state index contributed by atoms with van der Waals surface area (Å²) in [5.41, 5.74) is 1.06. The molecule has 7 nitrogen and oxygen atoms in total. The van der Waals surface area contributed by atoms with Crippen LogP contribution in [0.3, 0.4) is 0 Å². The van der Waals surface area contributed by atoms with Gasteiger partial charge in [0.15, 0.2) is 5.96 Å². The average molecular weight is 383 g/mol. The highest BCUT2D eigenvalue weighted by molar-refractivity contribution is 7.90. The van der Waals surface area contributed by atoms with Gasteiger partial charge >= 0.3 is 0 Å². The third kappa shape index (κ3) is 7.59. The van der Waals surface area contributed by atoms with Gasteiger partial charge in [0.25, 0.3) is 0 Å². The summed E-state index contributed by atoms with van der Waals surface area (Å²) < 4.78 is 28.5. The maximum atomic E-state index is 11.3. The van der Waals surface area contributed by atoms with Crippen molar-refractivity contribution in [2.45, 2.75) is 57.7 Å². The lowest BCUT2D eigenvalue weighted by Gasteiger charge is -2.18. The van der Waals surface area contributed by atoms with Crippen molar-refractivity contribution in [3.63, 3.8) is 0 Å². The van der Waals surface area contributed by atoms with Crippen molar-refractivity contribution in [1.29, 1.82) is 0 Å². The molecule has 0 aromatic carbocycles. The van der Waals surface area contributed by atoms with E-state index in [0.29, 0.717) is 24.8 Å². The molecule has 0 amide bonds. The van der Waals surface area contributed by atoms with Crippen LogP contribution < -0.4 is 15.4 Å². The van der Waals surface area contributed by atoms with Gasteiger partial charge in [0.05, 0.1) is 5.75 Å². The zero-order valence-electron chi connectivity index (χ0n) is 15.9.